The number of rotatable bonds is 6. The molecule has 1 N–H and O–H groups in total. The Kier molecular flexibility index (Phi) is 9.10. The Morgan fingerprint density at radius 3 is 2.48 bits per heavy atom. The van der Waals surface area contributed by atoms with Gasteiger partial charge in [-0.15, -0.1) is 0 Å². The zero-order valence-corrected chi connectivity index (χ0v) is 17.3. The molecule has 1 aliphatic rings. The van der Waals surface area contributed by atoms with Gasteiger partial charge in [0.05, 0.1) is 0 Å². The summed E-state index contributed by atoms with van der Waals surface area (Å²) in [6.07, 6.45) is 14.9. The lowest BCUT2D eigenvalue weighted by Crippen LogP contribution is -2.44. The van der Waals surface area contributed by atoms with Crippen molar-refractivity contribution >= 4 is 8.32 Å². The van der Waals surface area contributed by atoms with Crippen LogP contribution in [-0.4, -0.2) is 26.1 Å². The van der Waals surface area contributed by atoms with Gasteiger partial charge in [-0.05, 0) is 75.9 Å². The minimum atomic E-state index is -1.63. The third-order valence-corrected chi connectivity index (χ3v) is 10.1. The standard InChI is InChI=1S/C20H40O2Si/c1-20(2,3)23(4,5)22-19-15-8-6-12-18(13-7-9-16-19)14-10-11-17-21/h12,19,21H,6-11,13-17H2,1-5H3/b18-12+. The predicted octanol–water partition coefficient (Wildman–Crippen LogP) is 6.21. The third-order valence-electron chi connectivity index (χ3n) is 5.61. The van der Waals surface area contributed by atoms with Gasteiger partial charge in [-0.1, -0.05) is 38.8 Å². The summed E-state index contributed by atoms with van der Waals surface area (Å²) < 4.78 is 6.67. The molecule has 23 heavy (non-hydrogen) atoms. The minimum absolute atomic E-state index is 0.308. The predicted molar refractivity (Wildman–Crippen MR) is 103 cm³/mol. The van der Waals surface area contributed by atoms with Crippen molar-refractivity contribution < 1.29 is 9.53 Å². The van der Waals surface area contributed by atoms with Crippen molar-refractivity contribution in [1.29, 1.82) is 0 Å². The molecule has 0 aromatic rings. The Hall–Kier alpha value is -0.123. The van der Waals surface area contributed by atoms with Gasteiger partial charge in [0.1, 0.15) is 0 Å². The van der Waals surface area contributed by atoms with Crippen molar-refractivity contribution in [3.05, 3.63) is 11.6 Å². The van der Waals surface area contributed by atoms with Crippen LogP contribution < -0.4 is 0 Å². The quantitative estimate of drug-likeness (QED) is 0.354. The van der Waals surface area contributed by atoms with E-state index >= 15 is 0 Å². The number of aliphatic hydroxyl groups excluding tert-OH is 1. The first-order valence-corrected chi connectivity index (χ1v) is 12.6. The summed E-state index contributed by atoms with van der Waals surface area (Å²) in [4.78, 5) is 0. The molecular formula is C20H40O2Si. The van der Waals surface area contributed by atoms with Gasteiger partial charge < -0.3 is 9.53 Å². The van der Waals surface area contributed by atoms with E-state index in [1.807, 2.05) is 0 Å². The zero-order chi connectivity index (χ0) is 17.3. The largest absolute Gasteiger partial charge is 0.414 e. The van der Waals surface area contributed by atoms with Gasteiger partial charge in [0.15, 0.2) is 8.32 Å². The minimum Gasteiger partial charge on any atom is -0.414 e. The van der Waals surface area contributed by atoms with Gasteiger partial charge in [0.2, 0.25) is 0 Å². The van der Waals surface area contributed by atoms with Gasteiger partial charge in [0, 0.05) is 12.7 Å². The molecule has 136 valence electrons. The molecule has 3 heteroatoms. The number of aliphatic hydroxyl groups is 1. The summed E-state index contributed by atoms with van der Waals surface area (Å²) in [6.45, 7) is 12.1. The smallest absolute Gasteiger partial charge is 0.192 e. The van der Waals surface area contributed by atoms with Crippen LogP contribution in [0, 0.1) is 0 Å². The highest BCUT2D eigenvalue weighted by Crippen LogP contribution is 2.38. The topological polar surface area (TPSA) is 29.5 Å². The average Bonchev–Trinajstić information content (AvgIpc) is 2.45. The lowest BCUT2D eigenvalue weighted by molar-refractivity contribution is 0.155. The Balaban J connectivity index is 2.50. The monoisotopic (exact) mass is 340 g/mol. The zero-order valence-electron chi connectivity index (χ0n) is 16.3. The fourth-order valence-electron chi connectivity index (χ4n) is 3.02. The average molecular weight is 341 g/mol. The molecule has 0 heterocycles. The normalized spacial score (nSPS) is 24.1. The van der Waals surface area contributed by atoms with E-state index in [1.54, 1.807) is 5.57 Å². The molecule has 0 aromatic carbocycles. The van der Waals surface area contributed by atoms with Crippen molar-refractivity contribution in [3.8, 4) is 0 Å². The van der Waals surface area contributed by atoms with Gasteiger partial charge >= 0.3 is 0 Å². The molecule has 1 rings (SSSR count). The van der Waals surface area contributed by atoms with E-state index in [0.717, 1.165) is 12.8 Å². The van der Waals surface area contributed by atoms with Crippen LogP contribution in [0.4, 0.5) is 0 Å². The molecule has 0 saturated heterocycles. The van der Waals surface area contributed by atoms with Crippen LogP contribution in [0.15, 0.2) is 11.6 Å². The molecule has 1 aliphatic carbocycles. The molecule has 1 unspecified atom stereocenters. The van der Waals surface area contributed by atoms with Crippen LogP contribution >= 0.6 is 0 Å². The van der Waals surface area contributed by atoms with Crippen molar-refractivity contribution in [1.82, 2.24) is 0 Å². The molecule has 0 bridgehead atoms. The number of hydrogen-bond donors (Lipinski definition) is 1. The van der Waals surface area contributed by atoms with E-state index in [-0.39, 0.29) is 0 Å². The van der Waals surface area contributed by atoms with Gasteiger partial charge in [-0.25, -0.2) is 0 Å². The molecule has 0 amide bonds. The van der Waals surface area contributed by atoms with E-state index in [2.05, 4.69) is 39.9 Å². The summed E-state index contributed by atoms with van der Waals surface area (Å²) >= 11 is 0. The molecule has 0 spiro atoms. The summed E-state index contributed by atoms with van der Waals surface area (Å²) in [5.74, 6) is 0. The molecule has 1 atom stereocenters. The number of allylic oxidation sites excluding steroid dienone is 2. The summed E-state index contributed by atoms with van der Waals surface area (Å²) in [6, 6.07) is 0. The second-order valence-electron chi connectivity index (χ2n) is 8.72. The first-order chi connectivity index (χ1) is 10.8. The van der Waals surface area contributed by atoms with Crippen LogP contribution in [0.1, 0.15) is 85.0 Å². The third kappa shape index (κ3) is 8.00. The van der Waals surface area contributed by atoms with Gasteiger partial charge in [-0.2, -0.15) is 0 Å². The van der Waals surface area contributed by atoms with Crippen molar-refractivity contribution in [2.75, 3.05) is 6.61 Å². The van der Waals surface area contributed by atoms with Crippen LogP contribution in [0.3, 0.4) is 0 Å². The highest BCUT2D eigenvalue weighted by molar-refractivity contribution is 6.74. The maximum absolute atomic E-state index is 8.93. The molecular weight excluding hydrogens is 300 g/mol. The molecule has 0 fully saturated rings. The molecule has 0 saturated carbocycles. The molecule has 0 aliphatic heterocycles. The summed E-state index contributed by atoms with van der Waals surface area (Å²) in [7, 11) is -1.63. The maximum atomic E-state index is 8.93. The van der Waals surface area contributed by atoms with Crippen LogP contribution in [0.25, 0.3) is 0 Å². The second-order valence-corrected chi connectivity index (χ2v) is 13.5. The maximum Gasteiger partial charge on any atom is 0.192 e. The first kappa shape index (κ1) is 20.9. The Morgan fingerprint density at radius 1 is 1.13 bits per heavy atom. The summed E-state index contributed by atoms with van der Waals surface area (Å²) in [5, 5.41) is 9.24. The Bertz CT molecular complexity index is 355. The highest BCUT2D eigenvalue weighted by atomic mass is 28.4. The molecule has 2 nitrogen and oxygen atoms in total. The van der Waals surface area contributed by atoms with E-state index in [1.165, 1.54) is 51.4 Å². The van der Waals surface area contributed by atoms with E-state index in [9.17, 15) is 0 Å². The highest BCUT2D eigenvalue weighted by Gasteiger charge is 2.38. The number of unbranched alkanes of at least 4 members (excludes halogenated alkanes) is 1. The fourth-order valence-corrected chi connectivity index (χ4v) is 4.45. The van der Waals surface area contributed by atoms with E-state index < -0.39 is 8.32 Å². The van der Waals surface area contributed by atoms with Crippen molar-refractivity contribution in [3.63, 3.8) is 0 Å². The lowest BCUT2D eigenvalue weighted by atomic mass is 9.96. The lowest BCUT2D eigenvalue weighted by Gasteiger charge is -2.39. The van der Waals surface area contributed by atoms with E-state index in [0.29, 0.717) is 17.7 Å². The van der Waals surface area contributed by atoms with Crippen molar-refractivity contribution in [2.45, 2.75) is 109 Å². The van der Waals surface area contributed by atoms with Crippen LogP contribution in [0.5, 0.6) is 0 Å². The molecule has 0 aromatic heterocycles. The Morgan fingerprint density at radius 2 is 1.83 bits per heavy atom. The number of hydrogen-bond acceptors (Lipinski definition) is 2. The Labute approximate surface area is 145 Å². The summed E-state index contributed by atoms with van der Waals surface area (Å²) in [5.41, 5.74) is 1.63. The van der Waals surface area contributed by atoms with Gasteiger partial charge in [0.25, 0.3) is 0 Å². The second kappa shape index (κ2) is 10.0. The fraction of sp³-hybridized carbons (Fsp3) is 0.900. The SMILES string of the molecule is CC(C)(C)[Si](C)(C)OC1CCC/C=C(/CCCCO)CCCC1. The van der Waals surface area contributed by atoms with Crippen molar-refractivity contribution in [2.24, 2.45) is 0 Å². The van der Waals surface area contributed by atoms with Crippen LogP contribution in [0.2, 0.25) is 18.1 Å². The molecule has 0 radical (unpaired) electrons. The first-order valence-electron chi connectivity index (χ1n) is 9.73. The van der Waals surface area contributed by atoms with Gasteiger partial charge in [-0.3, -0.25) is 0 Å². The van der Waals surface area contributed by atoms with Crippen LogP contribution in [-0.2, 0) is 4.43 Å². The van der Waals surface area contributed by atoms with E-state index in [4.69, 9.17) is 9.53 Å².